The summed E-state index contributed by atoms with van der Waals surface area (Å²) < 4.78 is 0. The van der Waals surface area contributed by atoms with Crippen molar-refractivity contribution in [3.8, 4) is 0 Å². The van der Waals surface area contributed by atoms with Crippen LogP contribution in [0.25, 0.3) is 0 Å². The summed E-state index contributed by atoms with van der Waals surface area (Å²) in [5, 5.41) is 2.94. The van der Waals surface area contributed by atoms with Gasteiger partial charge in [0.25, 0.3) is 0 Å². The Kier molecular flexibility index (Phi) is 8.05. The van der Waals surface area contributed by atoms with E-state index in [2.05, 4.69) is 5.32 Å². The van der Waals surface area contributed by atoms with Crippen LogP contribution in [0.3, 0.4) is 0 Å². The number of hydrogen-bond donors (Lipinski definition) is 1. The normalized spacial score (nSPS) is 11.7. The molecule has 0 aliphatic heterocycles. The van der Waals surface area contributed by atoms with Crippen molar-refractivity contribution in [1.29, 1.82) is 0 Å². The molecule has 2 aromatic carbocycles. The number of carbonyl (C=O) groups is 2. The summed E-state index contributed by atoms with van der Waals surface area (Å²) in [6, 6.07) is 17.3. The van der Waals surface area contributed by atoms with Gasteiger partial charge in [-0.1, -0.05) is 74.0 Å². The molecule has 0 aromatic heterocycles. The topological polar surface area (TPSA) is 49.4 Å². The molecule has 1 N–H and O–H groups in total. The summed E-state index contributed by atoms with van der Waals surface area (Å²) in [5.41, 5.74) is 3.13. The van der Waals surface area contributed by atoms with E-state index in [1.54, 1.807) is 4.90 Å². The minimum Gasteiger partial charge on any atom is -0.354 e. The van der Waals surface area contributed by atoms with Gasteiger partial charge in [0.1, 0.15) is 6.04 Å². The van der Waals surface area contributed by atoms with E-state index in [1.165, 1.54) is 0 Å². The molecule has 0 bridgehead atoms. The van der Waals surface area contributed by atoms with E-state index in [-0.39, 0.29) is 11.8 Å². The third kappa shape index (κ3) is 6.24. The van der Waals surface area contributed by atoms with Crippen LogP contribution in [0.4, 0.5) is 0 Å². The lowest BCUT2D eigenvalue weighted by Gasteiger charge is -2.30. The predicted molar refractivity (Wildman–Crippen MR) is 109 cm³/mol. The molecular weight excluding hydrogens is 336 g/mol. The lowest BCUT2D eigenvalue weighted by Crippen LogP contribution is -2.49. The van der Waals surface area contributed by atoms with Crippen molar-refractivity contribution in [2.24, 2.45) is 0 Å². The van der Waals surface area contributed by atoms with Gasteiger partial charge in [-0.25, -0.2) is 0 Å². The molecule has 0 spiro atoms. The zero-order valence-electron chi connectivity index (χ0n) is 16.6. The van der Waals surface area contributed by atoms with E-state index in [4.69, 9.17) is 0 Å². The SMILES string of the molecule is CCCNC(=O)[C@@H](CC)N(Cc1ccccc1)C(=O)Cc1cccc(C)c1. The average Bonchev–Trinajstić information content (AvgIpc) is 2.67. The third-order valence-electron chi connectivity index (χ3n) is 4.57. The quantitative estimate of drug-likeness (QED) is 0.732. The van der Waals surface area contributed by atoms with Gasteiger partial charge in [0.05, 0.1) is 6.42 Å². The fourth-order valence-corrected chi connectivity index (χ4v) is 3.16. The Labute approximate surface area is 162 Å². The highest BCUT2D eigenvalue weighted by atomic mass is 16.2. The molecule has 2 amide bonds. The van der Waals surface area contributed by atoms with E-state index in [0.717, 1.165) is 23.1 Å². The second-order valence-corrected chi connectivity index (χ2v) is 6.89. The maximum absolute atomic E-state index is 13.2. The third-order valence-corrected chi connectivity index (χ3v) is 4.57. The Bertz CT molecular complexity index is 743. The number of nitrogens with zero attached hydrogens (tertiary/aromatic N) is 1. The fourth-order valence-electron chi connectivity index (χ4n) is 3.16. The Balaban J connectivity index is 2.24. The maximum Gasteiger partial charge on any atom is 0.242 e. The summed E-state index contributed by atoms with van der Waals surface area (Å²) in [5.74, 6) is -0.101. The number of carbonyl (C=O) groups excluding carboxylic acids is 2. The van der Waals surface area contributed by atoms with Gasteiger partial charge >= 0.3 is 0 Å². The van der Waals surface area contributed by atoms with Crippen molar-refractivity contribution in [3.63, 3.8) is 0 Å². The second kappa shape index (κ2) is 10.5. The van der Waals surface area contributed by atoms with Crippen LogP contribution in [0.1, 0.15) is 43.4 Å². The van der Waals surface area contributed by atoms with E-state index in [0.29, 0.717) is 25.9 Å². The summed E-state index contributed by atoms with van der Waals surface area (Å²) in [7, 11) is 0. The number of hydrogen-bond acceptors (Lipinski definition) is 2. The van der Waals surface area contributed by atoms with Crippen LogP contribution in [0, 0.1) is 6.92 Å². The molecule has 0 saturated heterocycles. The highest BCUT2D eigenvalue weighted by Gasteiger charge is 2.28. The molecule has 4 heteroatoms. The fraction of sp³-hybridized carbons (Fsp3) is 0.391. The summed E-state index contributed by atoms with van der Waals surface area (Å²) in [4.78, 5) is 27.5. The van der Waals surface area contributed by atoms with Gasteiger partial charge in [0.15, 0.2) is 0 Å². The largest absolute Gasteiger partial charge is 0.354 e. The zero-order valence-corrected chi connectivity index (χ0v) is 16.6. The van der Waals surface area contributed by atoms with Gasteiger partial charge in [-0.2, -0.15) is 0 Å². The molecule has 0 fully saturated rings. The van der Waals surface area contributed by atoms with Crippen molar-refractivity contribution < 1.29 is 9.59 Å². The van der Waals surface area contributed by atoms with Crippen LogP contribution in [0.15, 0.2) is 54.6 Å². The lowest BCUT2D eigenvalue weighted by atomic mass is 10.1. The Morgan fingerprint density at radius 3 is 2.33 bits per heavy atom. The standard InChI is InChI=1S/C23H30N2O2/c1-4-14-24-23(27)21(5-2)25(17-19-11-7-6-8-12-19)22(26)16-20-13-9-10-18(3)15-20/h6-13,15,21H,4-5,14,16-17H2,1-3H3,(H,24,27)/t21-/m1/s1. The van der Waals surface area contributed by atoms with E-state index in [1.807, 2.05) is 75.4 Å². The summed E-state index contributed by atoms with van der Waals surface area (Å²) in [6.45, 7) is 7.05. The first-order valence-corrected chi connectivity index (χ1v) is 9.71. The van der Waals surface area contributed by atoms with E-state index < -0.39 is 6.04 Å². The number of rotatable bonds is 9. The molecule has 0 heterocycles. The smallest absolute Gasteiger partial charge is 0.242 e. The first-order valence-electron chi connectivity index (χ1n) is 9.71. The van der Waals surface area contributed by atoms with Gasteiger partial charge < -0.3 is 10.2 Å². The average molecular weight is 367 g/mol. The predicted octanol–water partition coefficient (Wildman–Crippen LogP) is 3.87. The molecule has 0 aliphatic carbocycles. The van der Waals surface area contributed by atoms with Crippen LogP contribution in [0.2, 0.25) is 0 Å². The van der Waals surface area contributed by atoms with Crippen LogP contribution in [-0.2, 0) is 22.6 Å². The molecule has 4 nitrogen and oxygen atoms in total. The van der Waals surface area contributed by atoms with Gasteiger partial charge in [-0.15, -0.1) is 0 Å². The molecule has 2 aromatic rings. The summed E-state index contributed by atoms with van der Waals surface area (Å²) >= 11 is 0. The molecular formula is C23H30N2O2. The molecule has 27 heavy (non-hydrogen) atoms. The van der Waals surface area contributed by atoms with Gasteiger partial charge in [0.2, 0.25) is 11.8 Å². The number of benzene rings is 2. The van der Waals surface area contributed by atoms with Crippen molar-refractivity contribution >= 4 is 11.8 Å². The molecule has 144 valence electrons. The lowest BCUT2D eigenvalue weighted by molar-refractivity contribution is -0.140. The number of amides is 2. The molecule has 0 radical (unpaired) electrons. The van der Waals surface area contributed by atoms with E-state index in [9.17, 15) is 9.59 Å². The number of aryl methyl sites for hydroxylation is 1. The second-order valence-electron chi connectivity index (χ2n) is 6.89. The van der Waals surface area contributed by atoms with E-state index >= 15 is 0 Å². The van der Waals surface area contributed by atoms with Gasteiger partial charge in [-0.3, -0.25) is 9.59 Å². The summed E-state index contributed by atoms with van der Waals surface area (Å²) in [6.07, 6.45) is 1.76. The van der Waals surface area contributed by atoms with Gasteiger partial charge in [0, 0.05) is 13.1 Å². The monoisotopic (exact) mass is 366 g/mol. The van der Waals surface area contributed by atoms with Gasteiger partial charge in [-0.05, 0) is 30.9 Å². The molecule has 2 rings (SSSR count). The highest BCUT2D eigenvalue weighted by Crippen LogP contribution is 2.15. The minimum atomic E-state index is -0.464. The minimum absolute atomic E-state index is 0.0250. The number of nitrogens with one attached hydrogen (secondary N) is 1. The molecule has 0 aliphatic rings. The molecule has 1 atom stereocenters. The molecule has 0 saturated carbocycles. The van der Waals surface area contributed by atoms with Crippen molar-refractivity contribution in [2.75, 3.05) is 6.54 Å². The van der Waals surface area contributed by atoms with Crippen LogP contribution >= 0.6 is 0 Å². The first-order chi connectivity index (χ1) is 13.0. The van der Waals surface area contributed by atoms with Crippen LogP contribution in [-0.4, -0.2) is 29.3 Å². The van der Waals surface area contributed by atoms with Crippen molar-refractivity contribution in [1.82, 2.24) is 10.2 Å². The van der Waals surface area contributed by atoms with Crippen molar-refractivity contribution in [2.45, 2.75) is 52.6 Å². The Morgan fingerprint density at radius 2 is 1.70 bits per heavy atom. The Morgan fingerprint density at radius 1 is 1.00 bits per heavy atom. The van der Waals surface area contributed by atoms with Crippen molar-refractivity contribution in [3.05, 3.63) is 71.3 Å². The van der Waals surface area contributed by atoms with Crippen LogP contribution in [0.5, 0.6) is 0 Å². The zero-order chi connectivity index (χ0) is 19.6. The maximum atomic E-state index is 13.2. The molecule has 0 unspecified atom stereocenters. The van der Waals surface area contributed by atoms with Crippen LogP contribution < -0.4 is 5.32 Å². The Hall–Kier alpha value is -2.62. The highest BCUT2D eigenvalue weighted by molar-refractivity contribution is 5.88. The first kappa shape index (κ1) is 20.7.